The molecule has 43 heavy (non-hydrogen) atoms. The molecule has 2 aromatic heterocycles. The van der Waals surface area contributed by atoms with E-state index in [9.17, 15) is 13.2 Å². The van der Waals surface area contributed by atoms with Crippen LogP contribution in [0, 0.1) is 5.92 Å². The number of hydrogen-bond acceptors (Lipinski definition) is 12. The summed E-state index contributed by atoms with van der Waals surface area (Å²) in [5, 5.41) is 6.74. The van der Waals surface area contributed by atoms with E-state index in [1.54, 1.807) is 15.6 Å². The molecule has 232 valence electrons. The number of anilines is 1. The first kappa shape index (κ1) is 30.1. The SMILES string of the molecule is CCOC(=O)CCCN1N=CC2C(c3nc(N4CCOCC4)c4sc(CN5CCN(S(C)(=O)=O)CC5)cc4n3)=CC=CC21. The smallest absolute Gasteiger partial charge is 0.305 e. The highest BCUT2D eigenvalue weighted by Crippen LogP contribution is 2.38. The fraction of sp³-hybridized carbons (Fsp3) is 0.586. The van der Waals surface area contributed by atoms with Crippen LogP contribution in [0.2, 0.25) is 0 Å². The zero-order valence-corrected chi connectivity index (χ0v) is 26.4. The van der Waals surface area contributed by atoms with Gasteiger partial charge in [0.1, 0.15) is 0 Å². The van der Waals surface area contributed by atoms with Crippen LogP contribution >= 0.6 is 11.3 Å². The van der Waals surface area contributed by atoms with E-state index in [1.807, 2.05) is 18.1 Å². The minimum atomic E-state index is -3.16. The molecule has 2 fully saturated rings. The number of fused-ring (bicyclic) bond motifs is 2. The number of sulfonamides is 1. The molecule has 0 radical (unpaired) electrons. The maximum absolute atomic E-state index is 11.9. The lowest BCUT2D eigenvalue weighted by atomic mass is 9.88. The van der Waals surface area contributed by atoms with Gasteiger partial charge in [0.2, 0.25) is 10.0 Å². The number of morpholine rings is 1. The summed E-state index contributed by atoms with van der Waals surface area (Å²) in [6, 6.07) is 2.22. The van der Waals surface area contributed by atoms with Gasteiger partial charge in [-0.25, -0.2) is 18.4 Å². The highest BCUT2D eigenvalue weighted by Gasteiger charge is 2.35. The fourth-order valence-corrected chi connectivity index (χ4v) is 8.01. The van der Waals surface area contributed by atoms with E-state index in [-0.39, 0.29) is 17.9 Å². The predicted octanol–water partition coefficient (Wildman–Crippen LogP) is 2.19. The molecule has 2 atom stereocenters. The van der Waals surface area contributed by atoms with Crippen molar-refractivity contribution in [1.82, 2.24) is 24.2 Å². The third kappa shape index (κ3) is 6.78. The van der Waals surface area contributed by atoms with E-state index in [0.29, 0.717) is 71.2 Å². The van der Waals surface area contributed by atoms with Gasteiger partial charge in [0, 0.05) is 75.4 Å². The minimum Gasteiger partial charge on any atom is -0.466 e. The van der Waals surface area contributed by atoms with Crippen LogP contribution < -0.4 is 4.90 Å². The summed E-state index contributed by atoms with van der Waals surface area (Å²) >= 11 is 1.72. The Hall–Kier alpha value is -2.91. The van der Waals surface area contributed by atoms with E-state index in [0.717, 1.165) is 41.2 Å². The highest BCUT2D eigenvalue weighted by atomic mass is 32.2. The van der Waals surface area contributed by atoms with Crippen molar-refractivity contribution in [2.75, 3.05) is 76.8 Å². The number of carbonyl (C=O) groups is 1. The number of esters is 1. The highest BCUT2D eigenvalue weighted by molar-refractivity contribution is 7.88. The molecule has 1 aliphatic carbocycles. The number of thiophene rings is 1. The van der Waals surface area contributed by atoms with Gasteiger partial charge in [0.25, 0.3) is 0 Å². The quantitative estimate of drug-likeness (QED) is 0.362. The van der Waals surface area contributed by atoms with E-state index in [2.05, 4.69) is 34.1 Å². The van der Waals surface area contributed by atoms with E-state index >= 15 is 0 Å². The van der Waals surface area contributed by atoms with E-state index in [4.69, 9.17) is 24.5 Å². The maximum Gasteiger partial charge on any atom is 0.305 e. The molecule has 0 amide bonds. The normalized spacial score (nSPS) is 23.2. The molecule has 0 N–H and O–H groups in total. The van der Waals surface area contributed by atoms with Crippen LogP contribution in [-0.2, 0) is 30.8 Å². The summed E-state index contributed by atoms with van der Waals surface area (Å²) in [6.45, 7) is 8.92. The van der Waals surface area contributed by atoms with Crippen molar-refractivity contribution in [2.45, 2.75) is 32.4 Å². The third-order valence-corrected chi connectivity index (χ3v) is 10.7. The lowest BCUT2D eigenvalue weighted by Gasteiger charge is -2.32. The molecule has 5 heterocycles. The van der Waals surface area contributed by atoms with Gasteiger partial charge in [-0.2, -0.15) is 9.41 Å². The zero-order valence-electron chi connectivity index (χ0n) is 24.7. The molecule has 0 aromatic carbocycles. The predicted molar refractivity (Wildman–Crippen MR) is 168 cm³/mol. The summed E-state index contributed by atoms with van der Waals surface area (Å²) in [5.41, 5.74) is 1.96. The molecule has 2 aromatic rings. The molecule has 6 rings (SSSR count). The van der Waals surface area contributed by atoms with Crippen molar-refractivity contribution in [3.8, 4) is 0 Å². The van der Waals surface area contributed by atoms with Gasteiger partial charge in [0.15, 0.2) is 11.6 Å². The van der Waals surface area contributed by atoms with E-state index in [1.165, 1.54) is 11.1 Å². The molecule has 12 nitrogen and oxygen atoms in total. The van der Waals surface area contributed by atoms with Crippen LogP contribution in [0.3, 0.4) is 0 Å². The Bertz CT molecular complexity index is 1520. The molecule has 2 saturated heterocycles. The second-order valence-electron chi connectivity index (χ2n) is 11.2. The minimum absolute atomic E-state index is 0.0202. The molecule has 2 unspecified atom stereocenters. The largest absolute Gasteiger partial charge is 0.466 e. The van der Waals surface area contributed by atoms with Gasteiger partial charge in [0.05, 0.1) is 48.3 Å². The van der Waals surface area contributed by atoms with Crippen molar-refractivity contribution in [3.63, 3.8) is 0 Å². The Balaban J connectivity index is 1.22. The average molecular weight is 630 g/mol. The second-order valence-corrected chi connectivity index (χ2v) is 14.3. The fourth-order valence-electron chi connectivity index (χ4n) is 6.02. The standard InChI is InChI=1S/C29H39N7O5S2/c1-3-41-26(37)8-5-9-36-25-7-4-6-22(23(25)19-30-36)28-31-24-18-21(20-33-10-12-35(13-11-33)43(2,38)39)42-27(24)29(32-28)34-14-16-40-17-15-34/h4,6-7,18-19,23,25H,3,5,8-17,20H2,1-2H3. The molecule has 0 spiro atoms. The number of aromatic nitrogens is 2. The van der Waals surface area contributed by atoms with Crippen LogP contribution in [-0.4, -0.2) is 123 Å². The number of piperazine rings is 1. The van der Waals surface area contributed by atoms with Crippen LogP contribution in [0.25, 0.3) is 15.8 Å². The Morgan fingerprint density at radius 1 is 1.14 bits per heavy atom. The summed E-state index contributed by atoms with van der Waals surface area (Å²) in [6.07, 6.45) is 10.6. The Morgan fingerprint density at radius 3 is 2.67 bits per heavy atom. The number of rotatable bonds is 10. The average Bonchev–Trinajstić information content (AvgIpc) is 3.60. The number of allylic oxidation sites excluding steroid dienone is 2. The number of hydrazone groups is 1. The lowest BCUT2D eigenvalue weighted by molar-refractivity contribution is -0.143. The Kier molecular flexibility index (Phi) is 9.10. The van der Waals surface area contributed by atoms with Gasteiger partial charge in [-0.1, -0.05) is 18.2 Å². The van der Waals surface area contributed by atoms with Crippen LogP contribution in [0.1, 0.15) is 30.5 Å². The van der Waals surface area contributed by atoms with Gasteiger partial charge in [-0.3, -0.25) is 14.7 Å². The maximum atomic E-state index is 11.9. The zero-order chi connectivity index (χ0) is 30.0. The first-order valence-corrected chi connectivity index (χ1v) is 17.6. The molecule has 4 aliphatic rings. The molecular formula is C29H39N7O5S2. The third-order valence-electron chi connectivity index (χ3n) is 8.26. The summed E-state index contributed by atoms with van der Waals surface area (Å²) in [7, 11) is -3.16. The Labute approximate surface area is 256 Å². The van der Waals surface area contributed by atoms with E-state index < -0.39 is 10.0 Å². The molecule has 3 aliphatic heterocycles. The second kappa shape index (κ2) is 13.0. The van der Waals surface area contributed by atoms with Gasteiger partial charge >= 0.3 is 5.97 Å². The van der Waals surface area contributed by atoms with Crippen molar-refractivity contribution in [1.29, 1.82) is 0 Å². The first-order chi connectivity index (χ1) is 20.8. The topological polar surface area (TPSA) is 121 Å². The first-order valence-electron chi connectivity index (χ1n) is 15.0. The van der Waals surface area contributed by atoms with Crippen molar-refractivity contribution in [2.24, 2.45) is 11.0 Å². The van der Waals surface area contributed by atoms with Gasteiger partial charge < -0.3 is 14.4 Å². The summed E-state index contributed by atoms with van der Waals surface area (Å²) in [5.74, 6) is 1.49. The van der Waals surface area contributed by atoms with Crippen LogP contribution in [0.5, 0.6) is 0 Å². The Morgan fingerprint density at radius 2 is 1.93 bits per heavy atom. The molecule has 0 saturated carbocycles. The van der Waals surface area contributed by atoms with Crippen molar-refractivity contribution < 1.29 is 22.7 Å². The van der Waals surface area contributed by atoms with Gasteiger partial charge in [-0.05, 0) is 19.4 Å². The van der Waals surface area contributed by atoms with Crippen molar-refractivity contribution >= 4 is 55.2 Å². The summed E-state index contributed by atoms with van der Waals surface area (Å²) in [4.78, 5) is 27.9. The number of hydrogen-bond donors (Lipinski definition) is 0. The number of nitrogens with zero attached hydrogens (tertiary/aromatic N) is 7. The van der Waals surface area contributed by atoms with Crippen LogP contribution in [0.4, 0.5) is 5.82 Å². The van der Waals surface area contributed by atoms with Crippen LogP contribution in [0.15, 0.2) is 29.4 Å². The van der Waals surface area contributed by atoms with Crippen molar-refractivity contribution in [3.05, 3.63) is 35.0 Å². The summed E-state index contributed by atoms with van der Waals surface area (Å²) < 4.78 is 37.2. The number of carbonyl (C=O) groups excluding carboxylic acids is 1. The molecule has 14 heteroatoms. The number of ether oxygens (including phenoxy) is 2. The monoisotopic (exact) mass is 629 g/mol. The lowest BCUT2D eigenvalue weighted by Crippen LogP contribution is -2.47. The molecule has 0 bridgehead atoms. The van der Waals surface area contributed by atoms with Gasteiger partial charge in [-0.15, -0.1) is 11.3 Å². The molecular weight excluding hydrogens is 590 g/mol.